The lowest BCUT2D eigenvalue weighted by atomic mass is 10.1. The van der Waals surface area contributed by atoms with Gasteiger partial charge in [-0.25, -0.2) is 4.98 Å². The molecule has 0 aliphatic rings. The molecular formula is C14H18N2S. The van der Waals surface area contributed by atoms with E-state index in [2.05, 4.69) is 36.2 Å². The highest BCUT2D eigenvalue weighted by Crippen LogP contribution is 2.18. The van der Waals surface area contributed by atoms with Crippen molar-refractivity contribution in [1.29, 1.82) is 0 Å². The number of nitrogens with two attached hydrogens (primary N) is 1. The predicted octanol–water partition coefficient (Wildman–Crippen LogP) is 2.93. The zero-order chi connectivity index (χ0) is 12.3. The molecule has 0 amide bonds. The molecule has 0 radical (unpaired) electrons. The summed E-state index contributed by atoms with van der Waals surface area (Å²) in [5.41, 5.74) is 8.40. The van der Waals surface area contributed by atoms with E-state index in [-0.39, 0.29) is 6.04 Å². The first-order valence-corrected chi connectivity index (χ1v) is 6.70. The van der Waals surface area contributed by atoms with Gasteiger partial charge in [0.15, 0.2) is 0 Å². The molecular weight excluding hydrogens is 228 g/mol. The smallest absolute Gasteiger partial charge is 0.0971 e. The van der Waals surface area contributed by atoms with Crippen molar-refractivity contribution in [3.8, 4) is 0 Å². The lowest BCUT2D eigenvalue weighted by Crippen LogP contribution is -2.16. The van der Waals surface area contributed by atoms with Gasteiger partial charge in [-0.05, 0) is 25.8 Å². The Morgan fingerprint density at radius 2 is 2.00 bits per heavy atom. The van der Waals surface area contributed by atoms with Gasteiger partial charge in [-0.2, -0.15) is 0 Å². The molecule has 0 spiro atoms. The first kappa shape index (κ1) is 12.3. The summed E-state index contributed by atoms with van der Waals surface area (Å²) in [5, 5.41) is 1.17. The third-order valence-corrected chi connectivity index (χ3v) is 3.62. The van der Waals surface area contributed by atoms with Crippen molar-refractivity contribution in [1.82, 2.24) is 4.98 Å². The van der Waals surface area contributed by atoms with Gasteiger partial charge in [0.1, 0.15) is 0 Å². The number of aryl methyl sites for hydroxylation is 1. The van der Waals surface area contributed by atoms with Gasteiger partial charge in [-0.3, -0.25) is 0 Å². The molecule has 0 bridgehead atoms. The van der Waals surface area contributed by atoms with Crippen LogP contribution in [0.5, 0.6) is 0 Å². The average molecular weight is 246 g/mol. The highest BCUT2D eigenvalue weighted by Gasteiger charge is 2.05. The molecule has 0 saturated carbocycles. The molecule has 0 saturated heterocycles. The summed E-state index contributed by atoms with van der Waals surface area (Å²) in [5.74, 6) is 0. The SMILES string of the molecule is Cc1ccc(Cc2ncc(CC(C)N)s2)cc1. The summed E-state index contributed by atoms with van der Waals surface area (Å²) in [6, 6.07) is 8.84. The topological polar surface area (TPSA) is 38.9 Å². The normalized spacial score (nSPS) is 12.6. The molecule has 17 heavy (non-hydrogen) atoms. The van der Waals surface area contributed by atoms with Crippen molar-refractivity contribution in [3.63, 3.8) is 0 Å². The minimum atomic E-state index is 0.211. The van der Waals surface area contributed by atoms with Gasteiger partial charge in [0.05, 0.1) is 5.01 Å². The number of hydrogen-bond donors (Lipinski definition) is 1. The molecule has 3 heteroatoms. The summed E-state index contributed by atoms with van der Waals surface area (Å²) >= 11 is 1.77. The van der Waals surface area contributed by atoms with E-state index in [1.807, 2.05) is 13.1 Å². The number of benzene rings is 1. The van der Waals surface area contributed by atoms with Crippen LogP contribution in [-0.2, 0) is 12.8 Å². The monoisotopic (exact) mass is 246 g/mol. The van der Waals surface area contributed by atoms with E-state index < -0.39 is 0 Å². The maximum absolute atomic E-state index is 5.78. The first-order chi connectivity index (χ1) is 8.13. The van der Waals surface area contributed by atoms with E-state index in [1.54, 1.807) is 11.3 Å². The van der Waals surface area contributed by atoms with Gasteiger partial charge in [-0.1, -0.05) is 29.8 Å². The van der Waals surface area contributed by atoms with Crippen LogP contribution in [0.1, 0.15) is 27.9 Å². The lowest BCUT2D eigenvalue weighted by Gasteiger charge is -2.00. The van der Waals surface area contributed by atoms with E-state index in [0.717, 1.165) is 12.8 Å². The Balaban J connectivity index is 2.03. The molecule has 0 fully saturated rings. The quantitative estimate of drug-likeness (QED) is 0.901. The maximum Gasteiger partial charge on any atom is 0.0971 e. The first-order valence-electron chi connectivity index (χ1n) is 5.88. The van der Waals surface area contributed by atoms with Crippen molar-refractivity contribution < 1.29 is 0 Å². The lowest BCUT2D eigenvalue weighted by molar-refractivity contribution is 0.745. The van der Waals surface area contributed by atoms with Crippen LogP contribution in [0.25, 0.3) is 0 Å². The van der Waals surface area contributed by atoms with E-state index in [4.69, 9.17) is 5.73 Å². The summed E-state index contributed by atoms with van der Waals surface area (Å²) in [6.07, 6.45) is 3.80. The molecule has 1 aromatic heterocycles. The summed E-state index contributed by atoms with van der Waals surface area (Å²) < 4.78 is 0. The Hall–Kier alpha value is -1.19. The predicted molar refractivity (Wildman–Crippen MR) is 73.5 cm³/mol. The molecule has 1 atom stereocenters. The van der Waals surface area contributed by atoms with Gasteiger partial charge in [0, 0.05) is 23.5 Å². The zero-order valence-corrected chi connectivity index (χ0v) is 11.1. The molecule has 2 rings (SSSR count). The van der Waals surface area contributed by atoms with Crippen LogP contribution in [0.15, 0.2) is 30.5 Å². The number of hydrogen-bond acceptors (Lipinski definition) is 3. The fourth-order valence-corrected chi connectivity index (χ4v) is 2.82. The number of nitrogens with zero attached hydrogens (tertiary/aromatic N) is 1. The summed E-state index contributed by atoms with van der Waals surface area (Å²) in [6.45, 7) is 4.13. The van der Waals surface area contributed by atoms with Crippen molar-refractivity contribution in [2.45, 2.75) is 32.7 Å². The van der Waals surface area contributed by atoms with Gasteiger partial charge < -0.3 is 5.73 Å². The van der Waals surface area contributed by atoms with Crippen LogP contribution in [0.2, 0.25) is 0 Å². The van der Waals surface area contributed by atoms with Crippen LogP contribution in [0, 0.1) is 6.92 Å². The number of thiazole rings is 1. The van der Waals surface area contributed by atoms with E-state index in [9.17, 15) is 0 Å². The van der Waals surface area contributed by atoms with Gasteiger partial charge >= 0.3 is 0 Å². The fourth-order valence-electron chi connectivity index (χ4n) is 1.72. The van der Waals surface area contributed by atoms with E-state index in [1.165, 1.54) is 21.0 Å². The standard InChI is InChI=1S/C14H18N2S/c1-10-3-5-12(6-4-10)8-14-16-9-13(17-14)7-11(2)15/h3-6,9,11H,7-8,15H2,1-2H3. The molecule has 90 valence electrons. The van der Waals surface area contributed by atoms with Gasteiger partial charge in [-0.15, -0.1) is 11.3 Å². The molecule has 0 aliphatic heterocycles. The Morgan fingerprint density at radius 1 is 1.29 bits per heavy atom. The summed E-state index contributed by atoms with van der Waals surface area (Å²) in [4.78, 5) is 5.73. The molecule has 0 aliphatic carbocycles. The maximum atomic E-state index is 5.78. The molecule has 2 N–H and O–H groups in total. The van der Waals surface area contributed by atoms with Crippen LogP contribution >= 0.6 is 11.3 Å². The van der Waals surface area contributed by atoms with Crippen molar-refractivity contribution >= 4 is 11.3 Å². The van der Waals surface area contributed by atoms with Crippen LogP contribution in [0.4, 0.5) is 0 Å². The highest BCUT2D eigenvalue weighted by molar-refractivity contribution is 7.11. The Morgan fingerprint density at radius 3 is 2.65 bits per heavy atom. The largest absolute Gasteiger partial charge is 0.328 e. The van der Waals surface area contributed by atoms with Gasteiger partial charge in [0.2, 0.25) is 0 Å². The zero-order valence-electron chi connectivity index (χ0n) is 10.3. The minimum absolute atomic E-state index is 0.211. The molecule has 2 nitrogen and oxygen atoms in total. The molecule has 2 aromatic rings. The van der Waals surface area contributed by atoms with Crippen molar-refractivity contribution in [2.24, 2.45) is 5.73 Å². The van der Waals surface area contributed by atoms with Gasteiger partial charge in [0.25, 0.3) is 0 Å². The van der Waals surface area contributed by atoms with Crippen LogP contribution in [-0.4, -0.2) is 11.0 Å². The van der Waals surface area contributed by atoms with E-state index >= 15 is 0 Å². The molecule has 1 heterocycles. The Labute approximate surface area is 107 Å². The fraction of sp³-hybridized carbons (Fsp3) is 0.357. The average Bonchev–Trinajstić information content (AvgIpc) is 2.68. The number of rotatable bonds is 4. The Bertz CT molecular complexity index is 471. The second kappa shape index (κ2) is 5.43. The van der Waals surface area contributed by atoms with Crippen LogP contribution < -0.4 is 5.73 Å². The highest BCUT2D eigenvalue weighted by atomic mass is 32.1. The summed E-state index contributed by atoms with van der Waals surface area (Å²) in [7, 11) is 0. The number of aromatic nitrogens is 1. The van der Waals surface area contributed by atoms with Crippen LogP contribution in [0.3, 0.4) is 0 Å². The van der Waals surface area contributed by atoms with E-state index in [0.29, 0.717) is 0 Å². The molecule has 1 aromatic carbocycles. The minimum Gasteiger partial charge on any atom is -0.328 e. The second-order valence-electron chi connectivity index (χ2n) is 4.56. The molecule has 1 unspecified atom stereocenters. The third-order valence-electron chi connectivity index (χ3n) is 2.60. The van der Waals surface area contributed by atoms with Crippen molar-refractivity contribution in [2.75, 3.05) is 0 Å². The second-order valence-corrected chi connectivity index (χ2v) is 5.76. The third kappa shape index (κ3) is 3.65. The van der Waals surface area contributed by atoms with Crippen molar-refractivity contribution in [3.05, 3.63) is 51.5 Å². The Kier molecular flexibility index (Phi) is 3.92.